The highest BCUT2D eigenvalue weighted by Gasteiger charge is 2.41. The standard InChI is InChI=1S/C55H65N9O6.2C2HF3O2/c1-35-8-12-40(58-41-32-56-33-41)30-46(35)51(66)57-36(2)43-14-11-38(44-6-4-5-7-45(43)44)10-9-37-18-24-61(25-19-37)34-55(70)22-28-63(29-23-55)53(68)39-20-26-62(27-21-39)42-13-15-47-49(31-42)60(3)54(69)64(47)48-16-17-50(65)59-52(48)67;2*3-2(4,5)1(6)7/h4-8,11-15,30-31,36-37,39,41,48,56,58,70H,16-29,32-34H2,1-3H3,(H,57,66)(H,59,65,67);2*(H,6,7)/t36-,48?;;/m1../s1. The first-order chi connectivity index (χ1) is 39.7. The average molecular weight is 1180 g/mol. The lowest BCUT2D eigenvalue weighted by atomic mass is 9.87. The summed E-state index contributed by atoms with van der Waals surface area (Å²) in [6, 6.07) is 23.7. The predicted octanol–water partition coefficient (Wildman–Crippen LogP) is 6.25. The Bertz CT molecular complexity index is 3390. The molecule has 10 rings (SSSR count). The van der Waals surface area contributed by atoms with E-state index in [0.717, 1.165) is 96.2 Å². The smallest absolute Gasteiger partial charge is 0.475 e. The maximum absolute atomic E-state index is 13.8. The van der Waals surface area contributed by atoms with Crippen LogP contribution in [0.1, 0.15) is 97.4 Å². The van der Waals surface area contributed by atoms with Crippen molar-refractivity contribution in [2.45, 2.75) is 101 Å². The number of benzene rings is 4. The number of nitrogens with one attached hydrogen (secondary N) is 4. The molecule has 0 bridgehead atoms. The molecule has 0 saturated carbocycles. The quantitative estimate of drug-likeness (QED) is 0.0464. The van der Waals surface area contributed by atoms with Gasteiger partial charge < -0.3 is 46.0 Å². The molecule has 84 heavy (non-hydrogen) atoms. The molecular weight excluding hydrogens is 1110 g/mol. The number of amides is 4. The van der Waals surface area contributed by atoms with E-state index in [1.807, 2.05) is 67.3 Å². The number of anilines is 2. The number of likely N-dealkylation sites (tertiary alicyclic amines) is 2. The molecule has 19 nitrogen and oxygen atoms in total. The van der Waals surface area contributed by atoms with Crippen molar-refractivity contribution in [2.75, 3.05) is 69.1 Å². The molecule has 1 aromatic heterocycles. The maximum Gasteiger partial charge on any atom is 0.490 e. The molecule has 2 atom stereocenters. The Hall–Kier alpha value is -7.95. The Morgan fingerprint density at radius 2 is 1.42 bits per heavy atom. The van der Waals surface area contributed by atoms with Gasteiger partial charge in [-0.1, -0.05) is 48.2 Å². The van der Waals surface area contributed by atoms with Gasteiger partial charge >= 0.3 is 30.0 Å². The van der Waals surface area contributed by atoms with Crippen molar-refractivity contribution in [1.29, 1.82) is 0 Å². The van der Waals surface area contributed by atoms with Gasteiger partial charge in [0.1, 0.15) is 6.04 Å². The summed E-state index contributed by atoms with van der Waals surface area (Å²) in [5, 5.41) is 40.6. The Kier molecular flexibility index (Phi) is 19.1. The zero-order chi connectivity index (χ0) is 60.8. The van der Waals surface area contributed by atoms with Crippen LogP contribution in [0.2, 0.25) is 0 Å². The van der Waals surface area contributed by atoms with Crippen molar-refractivity contribution in [3.05, 3.63) is 106 Å². The number of imide groups is 1. The van der Waals surface area contributed by atoms with Gasteiger partial charge in [-0.3, -0.25) is 33.6 Å². The summed E-state index contributed by atoms with van der Waals surface area (Å²) in [7, 11) is 1.70. The molecule has 5 fully saturated rings. The summed E-state index contributed by atoms with van der Waals surface area (Å²) in [4.78, 5) is 89.4. The topological polar surface area (TPSA) is 248 Å². The first-order valence-electron chi connectivity index (χ1n) is 27.7. The molecule has 5 aliphatic heterocycles. The average Bonchev–Trinajstić information content (AvgIpc) is 2.14. The Labute approximate surface area is 479 Å². The molecule has 0 spiro atoms. The molecular formula is C59H67F6N9O10. The lowest BCUT2D eigenvalue weighted by molar-refractivity contribution is -0.193. The number of aromatic nitrogens is 2. The van der Waals surface area contributed by atoms with Crippen LogP contribution in [0.15, 0.2) is 77.6 Å². The summed E-state index contributed by atoms with van der Waals surface area (Å²) in [6.07, 6.45) is -5.27. The molecule has 4 amide bonds. The summed E-state index contributed by atoms with van der Waals surface area (Å²) >= 11 is 0. The molecule has 4 aromatic carbocycles. The molecule has 1 unspecified atom stereocenters. The van der Waals surface area contributed by atoms with Crippen LogP contribution in [0.5, 0.6) is 0 Å². The summed E-state index contributed by atoms with van der Waals surface area (Å²) < 4.78 is 66.5. The molecule has 5 aliphatic rings. The van der Waals surface area contributed by atoms with E-state index in [4.69, 9.17) is 19.8 Å². The lowest BCUT2D eigenvalue weighted by Gasteiger charge is -2.43. The number of hydrogen-bond donors (Lipinski definition) is 7. The first kappa shape index (κ1) is 62.1. The summed E-state index contributed by atoms with van der Waals surface area (Å²) in [5.74, 6) is 1.08. The van der Waals surface area contributed by atoms with Crippen LogP contribution in [-0.2, 0) is 31.0 Å². The van der Waals surface area contributed by atoms with Crippen LogP contribution in [0.25, 0.3) is 21.8 Å². The number of nitrogens with zero attached hydrogens (tertiary/aromatic N) is 5. The van der Waals surface area contributed by atoms with E-state index >= 15 is 0 Å². The number of carbonyl (C=O) groups excluding carboxylic acids is 4. The van der Waals surface area contributed by atoms with Gasteiger partial charge in [0, 0.05) is 93.6 Å². The number of halogens is 6. The van der Waals surface area contributed by atoms with Crippen LogP contribution in [0.3, 0.4) is 0 Å². The van der Waals surface area contributed by atoms with E-state index in [1.165, 1.54) is 4.57 Å². The molecule has 0 radical (unpaired) electrons. The fourth-order valence-corrected chi connectivity index (χ4v) is 11.3. The minimum atomic E-state index is -5.08. The Morgan fingerprint density at radius 3 is 2.01 bits per heavy atom. The van der Waals surface area contributed by atoms with E-state index in [2.05, 4.69) is 67.2 Å². The number of hydrogen-bond acceptors (Lipinski definition) is 12. The number of piperidine rings is 4. The van der Waals surface area contributed by atoms with Gasteiger partial charge in [-0.25, -0.2) is 14.4 Å². The van der Waals surface area contributed by atoms with Crippen LogP contribution in [0, 0.1) is 30.6 Å². The Balaban J connectivity index is 0.000000586. The van der Waals surface area contributed by atoms with Crippen molar-refractivity contribution in [3.63, 3.8) is 0 Å². The van der Waals surface area contributed by atoms with Gasteiger partial charge in [0.2, 0.25) is 17.7 Å². The molecule has 6 heterocycles. The third-order valence-electron chi connectivity index (χ3n) is 16.2. The van der Waals surface area contributed by atoms with Crippen molar-refractivity contribution < 1.29 is 70.4 Å². The van der Waals surface area contributed by atoms with Crippen LogP contribution < -0.4 is 31.9 Å². The largest absolute Gasteiger partial charge is 0.490 e. The Morgan fingerprint density at radius 1 is 0.786 bits per heavy atom. The van der Waals surface area contributed by atoms with Gasteiger partial charge in [0.25, 0.3) is 5.91 Å². The van der Waals surface area contributed by atoms with E-state index < -0.39 is 41.8 Å². The molecule has 0 aliphatic carbocycles. The maximum atomic E-state index is 13.8. The number of aliphatic carboxylic acids is 2. The molecule has 450 valence electrons. The predicted molar refractivity (Wildman–Crippen MR) is 299 cm³/mol. The van der Waals surface area contributed by atoms with Crippen molar-refractivity contribution in [2.24, 2.45) is 18.9 Å². The summed E-state index contributed by atoms with van der Waals surface area (Å²) in [5.41, 5.74) is 5.80. The summed E-state index contributed by atoms with van der Waals surface area (Å²) in [6.45, 7) is 10.7. The number of carboxylic acid groups (broad SMARTS) is 2. The van der Waals surface area contributed by atoms with E-state index in [9.17, 15) is 55.4 Å². The van der Waals surface area contributed by atoms with Crippen LogP contribution in [0.4, 0.5) is 37.7 Å². The van der Waals surface area contributed by atoms with Crippen molar-refractivity contribution in [1.82, 2.24) is 34.9 Å². The fraction of sp³-hybridized carbons (Fsp3) is 0.475. The molecule has 5 saturated heterocycles. The number of β-amino-alcohol motifs (C(OH)–C–C–N with tert-alkyl or cyclic N) is 1. The highest BCUT2D eigenvalue weighted by Crippen LogP contribution is 2.33. The molecule has 7 N–H and O–H groups in total. The molecule has 5 aromatic rings. The van der Waals surface area contributed by atoms with Crippen molar-refractivity contribution in [3.8, 4) is 11.8 Å². The van der Waals surface area contributed by atoms with E-state index in [0.29, 0.717) is 62.7 Å². The minimum Gasteiger partial charge on any atom is -0.475 e. The van der Waals surface area contributed by atoms with Gasteiger partial charge in [0.05, 0.1) is 28.7 Å². The van der Waals surface area contributed by atoms with E-state index in [1.54, 1.807) is 11.6 Å². The van der Waals surface area contributed by atoms with Gasteiger partial charge in [-0.05, 0) is 130 Å². The second kappa shape index (κ2) is 25.9. The number of fused-ring (bicyclic) bond motifs is 2. The van der Waals surface area contributed by atoms with Crippen LogP contribution >= 0.6 is 0 Å². The number of rotatable bonds is 10. The number of carbonyl (C=O) groups is 6. The van der Waals surface area contributed by atoms with Crippen molar-refractivity contribution >= 4 is 68.7 Å². The number of imidazole rings is 1. The normalized spacial score (nSPS) is 19.3. The van der Waals surface area contributed by atoms with Gasteiger partial charge in [0.15, 0.2) is 0 Å². The highest BCUT2D eigenvalue weighted by molar-refractivity contribution is 6.00. The van der Waals surface area contributed by atoms with E-state index in [-0.39, 0.29) is 54.1 Å². The fourth-order valence-electron chi connectivity index (χ4n) is 11.3. The first-order valence-corrected chi connectivity index (χ1v) is 27.7. The highest BCUT2D eigenvalue weighted by atomic mass is 19.4. The zero-order valence-electron chi connectivity index (χ0n) is 46.5. The third-order valence-corrected chi connectivity index (χ3v) is 16.2. The van der Waals surface area contributed by atoms with Gasteiger partial charge in [-0.15, -0.1) is 0 Å². The van der Waals surface area contributed by atoms with Gasteiger partial charge in [-0.2, -0.15) is 26.3 Å². The number of alkyl halides is 6. The molecule has 25 heteroatoms. The monoisotopic (exact) mass is 1180 g/mol. The number of aliphatic hydroxyl groups is 1. The third kappa shape index (κ3) is 14.9. The van der Waals surface area contributed by atoms with Crippen LogP contribution in [-0.4, -0.2) is 153 Å². The SMILES string of the molecule is Cc1ccc(NC2CNC2)cc1C(=O)N[C@H](C)c1ccc(C#CC2CCN(CC3(O)CCN(C(=O)C4CCN(c5ccc6c(c5)n(C)c(=O)n6C5CCC(=O)NC5=O)CC4)CC3)CC2)c2ccccc12.O=C(O)C(F)(F)F.O=C(O)C(F)(F)F. The number of aryl methyl sites for hydroxylation is 2. The number of carboxylic acids is 2. The lowest BCUT2D eigenvalue weighted by Crippen LogP contribution is -2.54. The second-order valence-corrected chi connectivity index (χ2v) is 22.1. The second-order valence-electron chi connectivity index (χ2n) is 22.1. The minimum absolute atomic E-state index is 0.0769. The zero-order valence-corrected chi connectivity index (χ0v) is 46.5.